The Balaban J connectivity index is 1.07. The van der Waals surface area contributed by atoms with Gasteiger partial charge in [-0.1, -0.05) is 78.4 Å². The monoisotopic (exact) mass is 625 g/mol. The summed E-state index contributed by atoms with van der Waals surface area (Å²) in [5, 5.41) is 5.74. The van der Waals surface area contributed by atoms with E-state index in [-0.39, 0.29) is 5.91 Å². The van der Waals surface area contributed by atoms with Crippen molar-refractivity contribution in [2.45, 2.75) is 20.1 Å². The predicted octanol–water partition coefficient (Wildman–Crippen LogP) is 7.21. The second-order valence-corrected chi connectivity index (χ2v) is 12.6. The van der Waals surface area contributed by atoms with E-state index in [1.165, 1.54) is 22.9 Å². The molecule has 1 fully saturated rings. The van der Waals surface area contributed by atoms with Crippen molar-refractivity contribution >= 4 is 28.9 Å². The third kappa shape index (κ3) is 6.98. The first kappa shape index (κ1) is 29.8. The highest BCUT2D eigenvalue weighted by atomic mass is 32.2. The number of thioether (sulfide) groups is 1. The van der Waals surface area contributed by atoms with Crippen molar-refractivity contribution in [2.75, 3.05) is 26.2 Å². The van der Waals surface area contributed by atoms with Gasteiger partial charge < -0.3 is 9.64 Å². The fraction of sp³-hybridized carbons (Fsp3) is 0.184. The number of para-hydroxylation sites is 1. The second kappa shape index (κ2) is 13.6. The van der Waals surface area contributed by atoms with Crippen LogP contribution in [0.2, 0.25) is 0 Å². The summed E-state index contributed by atoms with van der Waals surface area (Å²) in [7, 11) is 0. The van der Waals surface area contributed by atoms with Crippen LogP contribution >= 0.6 is 11.8 Å². The molecule has 0 bridgehead atoms. The Morgan fingerprint density at radius 3 is 2.22 bits per heavy atom. The van der Waals surface area contributed by atoms with Crippen molar-refractivity contribution in [3.63, 3.8) is 0 Å². The highest BCUT2D eigenvalue weighted by molar-refractivity contribution is 8.18. The first-order chi connectivity index (χ1) is 22.6. The van der Waals surface area contributed by atoms with Gasteiger partial charge in [0.15, 0.2) is 5.17 Å². The zero-order chi connectivity index (χ0) is 31.3. The van der Waals surface area contributed by atoms with Crippen molar-refractivity contribution in [3.05, 3.63) is 143 Å². The number of aryl methyl sites for hydroxylation is 1. The first-order valence-corrected chi connectivity index (χ1v) is 16.4. The van der Waals surface area contributed by atoms with Gasteiger partial charge in [0.2, 0.25) is 0 Å². The van der Waals surface area contributed by atoms with E-state index in [0.717, 1.165) is 71.7 Å². The molecule has 8 heteroatoms. The number of amidine groups is 1. The van der Waals surface area contributed by atoms with Crippen molar-refractivity contribution < 1.29 is 9.53 Å². The summed E-state index contributed by atoms with van der Waals surface area (Å²) in [6, 6.07) is 36.9. The van der Waals surface area contributed by atoms with Crippen molar-refractivity contribution in [3.8, 4) is 22.7 Å². The molecule has 7 nitrogen and oxygen atoms in total. The highest BCUT2D eigenvalue weighted by Crippen LogP contribution is 2.34. The Kier molecular flexibility index (Phi) is 8.80. The number of benzene rings is 4. The van der Waals surface area contributed by atoms with Crippen LogP contribution in [0.15, 0.2) is 125 Å². The Labute approximate surface area is 273 Å². The van der Waals surface area contributed by atoms with E-state index in [0.29, 0.717) is 11.5 Å². The molecule has 0 atom stereocenters. The van der Waals surface area contributed by atoms with E-state index in [1.54, 1.807) is 0 Å². The maximum Gasteiger partial charge on any atom is 0.286 e. The minimum Gasteiger partial charge on any atom is -0.489 e. The molecule has 1 aromatic heterocycles. The molecule has 0 aliphatic carbocycles. The normalized spacial score (nSPS) is 16.2. The summed E-state index contributed by atoms with van der Waals surface area (Å²) in [5.74, 6) is 0.583. The van der Waals surface area contributed by atoms with Crippen LogP contribution in [0.5, 0.6) is 5.75 Å². The summed E-state index contributed by atoms with van der Waals surface area (Å²) in [6.07, 6.45) is 3.91. The van der Waals surface area contributed by atoms with E-state index in [4.69, 9.17) is 9.84 Å². The maximum absolute atomic E-state index is 13.2. The highest BCUT2D eigenvalue weighted by Gasteiger charge is 2.29. The Morgan fingerprint density at radius 2 is 1.50 bits per heavy atom. The van der Waals surface area contributed by atoms with Crippen molar-refractivity contribution in [1.82, 2.24) is 19.6 Å². The van der Waals surface area contributed by atoms with Gasteiger partial charge in [0, 0.05) is 50.0 Å². The summed E-state index contributed by atoms with van der Waals surface area (Å²) < 4.78 is 7.91. The Bertz CT molecular complexity index is 1860. The fourth-order valence-corrected chi connectivity index (χ4v) is 6.56. The van der Waals surface area contributed by atoms with Crippen LogP contribution in [-0.2, 0) is 17.9 Å². The molecule has 0 N–H and O–H groups in total. The number of piperazine rings is 1. The quantitative estimate of drug-likeness (QED) is 0.170. The molecule has 5 aromatic rings. The number of amides is 1. The number of aliphatic imine (C=N–C) groups is 1. The number of rotatable bonds is 8. The summed E-state index contributed by atoms with van der Waals surface area (Å²) in [6.45, 7) is 7.06. The van der Waals surface area contributed by atoms with Gasteiger partial charge in [0.05, 0.1) is 16.3 Å². The second-order valence-electron chi connectivity index (χ2n) is 11.6. The molecule has 3 heterocycles. The molecule has 1 amide bonds. The lowest BCUT2D eigenvalue weighted by Gasteiger charge is -2.35. The first-order valence-electron chi connectivity index (χ1n) is 15.5. The minimum atomic E-state index is -0.204. The number of aromatic nitrogens is 2. The smallest absolute Gasteiger partial charge is 0.286 e. The molecule has 230 valence electrons. The molecule has 46 heavy (non-hydrogen) atoms. The summed E-state index contributed by atoms with van der Waals surface area (Å²) >= 11 is 1.45. The van der Waals surface area contributed by atoms with E-state index >= 15 is 0 Å². The van der Waals surface area contributed by atoms with Crippen LogP contribution in [0.3, 0.4) is 0 Å². The van der Waals surface area contributed by atoms with Gasteiger partial charge in [0.1, 0.15) is 12.4 Å². The molecule has 1 saturated heterocycles. The van der Waals surface area contributed by atoms with E-state index < -0.39 is 0 Å². The molecule has 0 spiro atoms. The van der Waals surface area contributed by atoms with Gasteiger partial charge in [-0.25, -0.2) is 4.68 Å². The van der Waals surface area contributed by atoms with Crippen LogP contribution in [0, 0.1) is 6.92 Å². The predicted molar refractivity (Wildman–Crippen MR) is 186 cm³/mol. The van der Waals surface area contributed by atoms with Gasteiger partial charge in [-0.15, -0.1) is 0 Å². The number of ether oxygens (including phenoxy) is 1. The average Bonchev–Trinajstić information content (AvgIpc) is 3.69. The standard InChI is InChI=1S/C38H35N5O2S/c1-28-12-14-30(15-13-28)27-45-34-18-16-31(17-19-34)36-32(26-43(40-36)33-10-6-3-7-11-33)24-35-37(44)39-38(46-35)42-22-20-41(21-23-42)25-29-8-4-2-5-9-29/h2-19,24,26H,20-23,25,27H2,1H3. The largest absolute Gasteiger partial charge is 0.489 e. The number of hydrogen-bond acceptors (Lipinski definition) is 6. The molecule has 2 aliphatic heterocycles. The number of carbonyl (C=O) groups excluding carboxylic acids is 1. The third-order valence-electron chi connectivity index (χ3n) is 8.20. The van der Waals surface area contributed by atoms with Gasteiger partial charge >= 0.3 is 0 Å². The lowest BCUT2D eigenvalue weighted by atomic mass is 10.1. The SMILES string of the molecule is Cc1ccc(COc2ccc(-c3nn(-c4ccccc4)cc3C=C3SC(N4CCN(Cc5ccccc5)CC4)=NC3=O)cc2)cc1. The molecule has 0 unspecified atom stereocenters. The van der Waals surface area contributed by atoms with Gasteiger partial charge in [0.25, 0.3) is 5.91 Å². The third-order valence-corrected chi connectivity index (χ3v) is 9.25. The van der Waals surface area contributed by atoms with Crippen LogP contribution in [0.1, 0.15) is 22.3 Å². The Morgan fingerprint density at radius 1 is 0.804 bits per heavy atom. The van der Waals surface area contributed by atoms with Gasteiger partial charge in [-0.3, -0.25) is 9.69 Å². The topological polar surface area (TPSA) is 63.0 Å². The molecule has 2 aliphatic rings. The lowest BCUT2D eigenvalue weighted by molar-refractivity contribution is -0.113. The van der Waals surface area contributed by atoms with Crippen LogP contribution in [0.4, 0.5) is 0 Å². The maximum atomic E-state index is 13.2. The fourth-order valence-electron chi connectivity index (χ4n) is 5.60. The molecular formula is C38H35N5O2S. The van der Waals surface area contributed by atoms with Gasteiger partial charge in [-0.2, -0.15) is 10.1 Å². The zero-order valence-electron chi connectivity index (χ0n) is 25.8. The molecule has 0 saturated carbocycles. The summed E-state index contributed by atoms with van der Waals surface area (Å²) in [5.41, 5.74) is 7.21. The van der Waals surface area contributed by atoms with Gasteiger partial charge in [-0.05, 0) is 72.3 Å². The average molecular weight is 626 g/mol. The minimum absolute atomic E-state index is 0.204. The number of hydrogen-bond donors (Lipinski definition) is 0. The molecule has 0 radical (unpaired) electrons. The Hall–Kier alpha value is -4.92. The van der Waals surface area contributed by atoms with Crippen LogP contribution in [-0.4, -0.2) is 56.8 Å². The number of nitrogens with zero attached hydrogens (tertiary/aromatic N) is 5. The van der Waals surface area contributed by atoms with Crippen molar-refractivity contribution in [1.29, 1.82) is 0 Å². The molecule has 4 aromatic carbocycles. The number of carbonyl (C=O) groups is 1. The summed E-state index contributed by atoms with van der Waals surface area (Å²) in [4.78, 5) is 22.9. The van der Waals surface area contributed by atoms with Crippen molar-refractivity contribution in [2.24, 2.45) is 4.99 Å². The lowest BCUT2D eigenvalue weighted by Crippen LogP contribution is -2.47. The van der Waals surface area contributed by atoms with E-state index in [2.05, 4.69) is 70.2 Å². The van der Waals surface area contributed by atoms with E-state index in [9.17, 15) is 4.79 Å². The van der Waals surface area contributed by atoms with E-state index in [1.807, 2.05) is 77.6 Å². The zero-order valence-corrected chi connectivity index (χ0v) is 26.6. The molecule has 7 rings (SSSR count). The van der Waals surface area contributed by atoms with Crippen LogP contribution < -0.4 is 4.74 Å². The molecular weight excluding hydrogens is 591 g/mol. The van der Waals surface area contributed by atoms with Crippen LogP contribution in [0.25, 0.3) is 23.0 Å².